The molecule has 3 fully saturated rings. The lowest BCUT2D eigenvalue weighted by Crippen LogP contribution is -2.54. The summed E-state index contributed by atoms with van der Waals surface area (Å²) >= 11 is 0. The predicted octanol–water partition coefficient (Wildman–Crippen LogP) is 2.13. The summed E-state index contributed by atoms with van der Waals surface area (Å²) in [5, 5.41) is 7.76. The Morgan fingerprint density at radius 3 is 1.68 bits per heavy atom. The minimum absolute atomic E-state index is 0.202. The molecule has 3 heterocycles. The zero-order valence-electron chi connectivity index (χ0n) is 18.7. The smallest absolute Gasteiger partial charge is 0.219 e. The molecule has 28 heavy (non-hydrogen) atoms. The molecule has 1 aromatic heterocycles. The Kier molecular flexibility index (Phi) is 5.88. The Bertz CT molecular complexity index is 639. The Morgan fingerprint density at radius 1 is 0.821 bits per heavy atom. The fourth-order valence-corrected chi connectivity index (χ4v) is 4.54. The molecule has 2 atom stereocenters. The highest BCUT2D eigenvalue weighted by atomic mass is 16.2. The van der Waals surface area contributed by atoms with Crippen LogP contribution in [0.4, 0.5) is 0 Å². The Balaban J connectivity index is 0.000000163. The van der Waals surface area contributed by atoms with Crippen LogP contribution >= 0.6 is 0 Å². The molecule has 1 saturated carbocycles. The van der Waals surface area contributed by atoms with Gasteiger partial charge < -0.3 is 9.47 Å². The number of piperazine rings is 1. The maximum absolute atomic E-state index is 11.1. The van der Waals surface area contributed by atoms with Crippen LogP contribution in [0.2, 0.25) is 0 Å². The third-order valence-electron chi connectivity index (χ3n) is 6.55. The molecule has 7 nitrogen and oxygen atoms in total. The van der Waals surface area contributed by atoms with Crippen molar-refractivity contribution in [1.82, 2.24) is 29.5 Å². The van der Waals surface area contributed by atoms with Gasteiger partial charge in [0.25, 0.3) is 0 Å². The molecule has 2 saturated heterocycles. The highest BCUT2D eigenvalue weighted by Gasteiger charge is 2.58. The van der Waals surface area contributed by atoms with E-state index in [1.807, 2.05) is 17.6 Å². The van der Waals surface area contributed by atoms with Crippen LogP contribution in [-0.2, 0) is 4.79 Å². The first-order valence-corrected chi connectivity index (χ1v) is 10.6. The van der Waals surface area contributed by atoms with Crippen molar-refractivity contribution in [2.45, 2.75) is 65.6 Å². The summed E-state index contributed by atoms with van der Waals surface area (Å²) in [7, 11) is 0. The molecular formula is C21H38N6O. The molecule has 0 aromatic carbocycles. The number of likely N-dealkylation sites (tertiary alicyclic amines) is 1. The number of nitrogens with zero attached hydrogens (tertiary/aromatic N) is 6. The van der Waals surface area contributed by atoms with E-state index in [1.165, 1.54) is 13.1 Å². The van der Waals surface area contributed by atoms with Crippen LogP contribution in [0.1, 0.15) is 54.5 Å². The van der Waals surface area contributed by atoms with Crippen molar-refractivity contribution in [3.8, 4) is 0 Å². The summed E-state index contributed by atoms with van der Waals surface area (Å²) in [4.78, 5) is 18.0. The standard InChI is InChI=1S/C11H18N4.C10H20N2O/c1-11(2,3)15-4-8-9(5-15)10(8)14-6-12-13-7-14;1-9(13)11-5-7-12(8-6-11)10(2,3)4/h6-10H,4-5H2,1-3H3;5-8H2,1-4H3. The zero-order chi connectivity index (χ0) is 20.7. The number of rotatable bonds is 1. The number of hydrogen-bond donors (Lipinski definition) is 0. The lowest BCUT2D eigenvalue weighted by atomic mass is 10.1. The van der Waals surface area contributed by atoms with E-state index in [-0.39, 0.29) is 11.4 Å². The minimum Gasteiger partial charge on any atom is -0.340 e. The van der Waals surface area contributed by atoms with Gasteiger partial charge in [-0.05, 0) is 53.4 Å². The van der Waals surface area contributed by atoms with E-state index >= 15 is 0 Å². The molecular weight excluding hydrogens is 352 g/mol. The van der Waals surface area contributed by atoms with Crippen LogP contribution in [0.25, 0.3) is 0 Å². The molecule has 0 spiro atoms. The van der Waals surface area contributed by atoms with Gasteiger partial charge in [-0.1, -0.05) is 0 Å². The average molecular weight is 391 g/mol. The molecule has 7 heteroatoms. The lowest BCUT2D eigenvalue weighted by Gasteiger charge is -2.42. The largest absolute Gasteiger partial charge is 0.340 e. The van der Waals surface area contributed by atoms with Gasteiger partial charge in [0.15, 0.2) is 0 Å². The van der Waals surface area contributed by atoms with Gasteiger partial charge in [-0.2, -0.15) is 0 Å². The van der Waals surface area contributed by atoms with Crippen molar-refractivity contribution >= 4 is 5.91 Å². The van der Waals surface area contributed by atoms with E-state index in [4.69, 9.17) is 0 Å². The Hall–Kier alpha value is -1.47. The molecule has 1 aliphatic carbocycles. The van der Waals surface area contributed by atoms with Crippen molar-refractivity contribution in [3.63, 3.8) is 0 Å². The van der Waals surface area contributed by atoms with Gasteiger partial charge in [0.05, 0.1) is 0 Å². The van der Waals surface area contributed by atoms with Crippen LogP contribution in [-0.4, -0.2) is 85.7 Å². The first-order chi connectivity index (χ1) is 13.0. The lowest BCUT2D eigenvalue weighted by molar-refractivity contribution is -0.131. The second-order valence-electron chi connectivity index (χ2n) is 10.5. The number of piperidine rings is 1. The molecule has 0 radical (unpaired) electrons. The van der Waals surface area contributed by atoms with Gasteiger partial charge in [-0.15, -0.1) is 10.2 Å². The van der Waals surface area contributed by atoms with Crippen LogP contribution in [0, 0.1) is 11.8 Å². The summed E-state index contributed by atoms with van der Waals surface area (Å²) in [6, 6.07) is 0.679. The Labute approximate surface area is 170 Å². The predicted molar refractivity (Wildman–Crippen MR) is 111 cm³/mol. The molecule has 0 N–H and O–H groups in total. The van der Waals surface area contributed by atoms with Crippen LogP contribution in [0.3, 0.4) is 0 Å². The molecule has 158 valence electrons. The van der Waals surface area contributed by atoms with Gasteiger partial charge in [0, 0.05) is 63.3 Å². The molecule has 2 aliphatic heterocycles. The minimum atomic E-state index is 0.202. The molecule has 1 amide bonds. The molecule has 0 bridgehead atoms. The van der Waals surface area contributed by atoms with Gasteiger partial charge in [0.1, 0.15) is 12.7 Å². The molecule has 1 aromatic rings. The average Bonchev–Trinajstić information content (AvgIpc) is 3.01. The van der Waals surface area contributed by atoms with Crippen molar-refractivity contribution in [2.75, 3.05) is 39.3 Å². The third kappa shape index (κ3) is 4.74. The van der Waals surface area contributed by atoms with Gasteiger partial charge in [-0.25, -0.2) is 0 Å². The number of carbonyl (C=O) groups excluding carboxylic acids is 1. The summed E-state index contributed by atoms with van der Waals surface area (Å²) in [5.74, 6) is 1.87. The second-order valence-corrected chi connectivity index (χ2v) is 10.5. The fraction of sp³-hybridized carbons (Fsp3) is 0.857. The van der Waals surface area contributed by atoms with Crippen molar-refractivity contribution in [3.05, 3.63) is 12.7 Å². The Morgan fingerprint density at radius 2 is 1.29 bits per heavy atom. The van der Waals surface area contributed by atoms with E-state index < -0.39 is 0 Å². The van der Waals surface area contributed by atoms with E-state index in [2.05, 4.69) is 66.1 Å². The molecule has 4 rings (SSSR count). The van der Waals surface area contributed by atoms with Crippen molar-refractivity contribution in [1.29, 1.82) is 0 Å². The van der Waals surface area contributed by atoms with Gasteiger partial charge >= 0.3 is 0 Å². The molecule has 3 aliphatic rings. The zero-order valence-corrected chi connectivity index (χ0v) is 18.7. The number of amides is 1. The summed E-state index contributed by atoms with van der Waals surface area (Å²) in [5.41, 5.74) is 0.564. The number of carbonyl (C=O) groups is 1. The summed E-state index contributed by atoms with van der Waals surface area (Å²) in [6.45, 7) is 21.4. The van der Waals surface area contributed by atoms with Crippen LogP contribution in [0.15, 0.2) is 12.7 Å². The normalized spacial score (nSPS) is 28.5. The summed E-state index contributed by atoms with van der Waals surface area (Å²) < 4.78 is 2.18. The number of hydrogen-bond acceptors (Lipinski definition) is 5. The highest BCUT2D eigenvalue weighted by molar-refractivity contribution is 5.73. The second kappa shape index (κ2) is 7.75. The summed E-state index contributed by atoms with van der Waals surface area (Å²) in [6.07, 6.45) is 3.70. The van der Waals surface area contributed by atoms with Crippen LogP contribution in [0.5, 0.6) is 0 Å². The topological polar surface area (TPSA) is 57.5 Å². The first-order valence-electron chi connectivity index (χ1n) is 10.6. The fourth-order valence-electron chi connectivity index (χ4n) is 4.54. The van der Waals surface area contributed by atoms with Gasteiger partial charge in [0.2, 0.25) is 5.91 Å². The van der Waals surface area contributed by atoms with Crippen molar-refractivity contribution < 1.29 is 4.79 Å². The molecule has 2 unspecified atom stereocenters. The van der Waals surface area contributed by atoms with E-state index in [1.54, 1.807) is 6.92 Å². The van der Waals surface area contributed by atoms with Crippen LogP contribution < -0.4 is 0 Å². The third-order valence-corrected chi connectivity index (χ3v) is 6.55. The van der Waals surface area contributed by atoms with E-state index in [0.717, 1.165) is 38.0 Å². The maximum atomic E-state index is 11.1. The number of fused-ring (bicyclic) bond motifs is 1. The van der Waals surface area contributed by atoms with Crippen molar-refractivity contribution in [2.24, 2.45) is 11.8 Å². The number of aromatic nitrogens is 3. The highest BCUT2D eigenvalue weighted by Crippen LogP contribution is 2.56. The SMILES string of the molecule is CC(=O)N1CCN(C(C)(C)C)CC1.CC(C)(C)N1CC2C(C1)C2n1cnnc1. The quantitative estimate of drug-likeness (QED) is 0.735. The van der Waals surface area contributed by atoms with Gasteiger partial charge in [-0.3, -0.25) is 14.6 Å². The van der Waals surface area contributed by atoms with E-state index in [0.29, 0.717) is 11.6 Å². The maximum Gasteiger partial charge on any atom is 0.219 e. The first kappa shape index (κ1) is 21.2. The monoisotopic (exact) mass is 390 g/mol. The van der Waals surface area contributed by atoms with E-state index in [9.17, 15) is 4.79 Å².